The molecule has 1 aromatic heterocycles. The maximum absolute atomic E-state index is 4.80. The first kappa shape index (κ1) is 13.1. The van der Waals surface area contributed by atoms with Crippen LogP contribution >= 0.6 is 0 Å². The molecule has 0 aliphatic carbocycles. The van der Waals surface area contributed by atoms with E-state index in [0.29, 0.717) is 0 Å². The molecule has 2 rings (SSSR count). The number of imidazole rings is 1. The van der Waals surface area contributed by atoms with Gasteiger partial charge in [-0.05, 0) is 51.1 Å². The second-order valence-electron chi connectivity index (χ2n) is 4.88. The summed E-state index contributed by atoms with van der Waals surface area (Å²) in [4.78, 5) is 4.80. The van der Waals surface area contributed by atoms with E-state index in [9.17, 15) is 0 Å². The summed E-state index contributed by atoms with van der Waals surface area (Å²) in [6, 6.07) is 6.56. The quantitative estimate of drug-likeness (QED) is 0.793. The predicted octanol–water partition coefficient (Wildman–Crippen LogP) is 2.91. The van der Waals surface area contributed by atoms with Gasteiger partial charge in [-0.25, -0.2) is 4.98 Å². The largest absolute Gasteiger partial charge is 0.328 e. The molecule has 0 saturated heterocycles. The number of aryl methyl sites for hydroxylation is 3. The molecular formula is C15H23N3. The van der Waals surface area contributed by atoms with Crippen molar-refractivity contribution < 1.29 is 0 Å². The summed E-state index contributed by atoms with van der Waals surface area (Å²) in [5, 5.41) is 3.20. The van der Waals surface area contributed by atoms with Crippen LogP contribution in [0.3, 0.4) is 0 Å². The van der Waals surface area contributed by atoms with Gasteiger partial charge in [0.15, 0.2) is 0 Å². The zero-order valence-electron chi connectivity index (χ0n) is 11.7. The lowest BCUT2D eigenvalue weighted by Crippen LogP contribution is -2.11. The third-order valence-corrected chi connectivity index (χ3v) is 3.26. The van der Waals surface area contributed by atoms with Gasteiger partial charge in [0.05, 0.1) is 11.0 Å². The van der Waals surface area contributed by atoms with Gasteiger partial charge in [0.1, 0.15) is 5.82 Å². The van der Waals surface area contributed by atoms with Gasteiger partial charge in [-0.3, -0.25) is 0 Å². The van der Waals surface area contributed by atoms with Crippen molar-refractivity contribution in [2.45, 2.75) is 39.7 Å². The van der Waals surface area contributed by atoms with Gasteiger partial charge in [0.25, 0.3) is 0 Å². The fourth-order valence-electron chi connectivity index (χ4n) is 2.38. The van der Waals surface area contributed by atoms with Gasteiger partial charge in [-0.2, -0.15) is 0 Å². The highest BCUT2D eigenvalue weighted by atomic mass is 15.1. The zero-order valence-corrected chi connectivity index (χ0v) is 11.7. The Labute approximate surface area is 109 Å². The van der Waals surface area contributed by atoms with E-state index in [1.54, 1.807) is 0 Å². The summed E-state index contributed by atoms with van der Waals surface area (Å²) in [5.41, 5.74) is 3.70. The van der Waals surface area contributed by atoms with E-state index < -0.39 is 0 Å². The van der Waals surface area contributed by atoms with E-state index in [2.05, 4.69) is 41.9 Å². The average molecular weight is 245 g/mol. The first-order valence-corrected chi connectivity index (χ1v) is 6.86. The molecule has 0 aliphatic heterocycles. The second kappa shape index (κ2) is 6.01. The first-order valence-electron chi connectivity index (χ1n) is 6.86. The summed E-state index contributed by atoms with van der Waals surface area (Å²) in [5.74, 6) is 1.23. The molecule has 1 heterocycles. The normalized spacial score (nSPS) is 11.3. The van der Waals surface area contributed by atoms with E-state index in [1.165, 1.54) is 16.9 Å². The molecule has 1 N–H and O–H groups in total. The van der Waals surface area contributed by atoms with Gasteiger partial charge in [0.2, 0.25) is 0 Å². The highest BCUT2D eigenvalue weighted by Gasteiger charge is 2.09. The number of nitrogens with one attached hydrogen (secondary N) is 1. The predicted molar refractivity (Wildman–Crippen MR) is 77.0 cm³/mol. The van der Waals surface area contributed by atoms with E-state index in [-0.39, 0.29) is 0 Å². The Morgan fingerprint density at radius 2 is 2.17 bits per heavy atom. The number of rotatable bonds is 6. The van der Waals surface area contributed by atoms with Gasteiger partial charge >= 0.3 is 0 Å². The molecule has 3 nitrogen and oxygen atoms in total. The SMILES string of the molecule is CCCn1c(CCCNC)nc2cc(C)ccc21. The molecule has 0 radical (unpaired) electrons. The number of hydrogen-bond donors (Lipinski definition) is 1. The summed E-state index contributed by atoms with van der Waals surface area (Å²) in [6.07, 6.45) is 3.34. The molecule has 2 aromatic rings. The van der Waals surface area contributed by atoms with Crippen molar-refractivity contribution in [2.24, 2.45) is 0 Å². The average Bonchev–Trinajstić information content (AvgIpc) is 2.68. The highest BCUT2D eigenvalue weighted by molar-refractivity contribution is 5.76. The summed E-state index contributed by atoms with van der Waals surface area (Å²) >= 11 is 0. The van der Waals surface area contributed by atoms with Crippen LogP contribution in [0.25, 0.3) is 11.0 Å². The number of aromatic nitrogens is 2. The maximum atomic E-state index is 4.80. The third kappa shape index (κ3) is 2.72. The lowest BCUT2D eigenvalue weighted by atomic mass is 10.2. The zero-order chi connectivity index (χ0) is 13.0. The molecule has 0 unspecified atom stereocenters. The fraction of sp³-hybridized carbons (Fsp3) is 0.533. The molecule has 0 amide bonds. The molecule has 1 aromatic carbocycles. The summed E-state index contributed by atoms with van der Waals surface area (Å²) in [7, 11) is 2.00. The van der Waals surface area contributed by atoms with Crippen molar-refractivity contribution in [1.29, 1.82) is 0 Å². The summed E-state index contributed by atoms with van der Waals surface area (Å²) in [6.45, 7) is 6.46. The van der Waals surface area contributed by atoms with Crippen molar-refractivity contribution >= 4 is 11.0 Å². The number of fused-ring (bicyclic) bond motifs is 1. The number of benzene rings is 1. The standard InChI is InChI=1S/C15H23N3/c1-4-10-18-14-8-7-12(2)11-13(14)17-15(18)6-5-9-16-3/h7-8,11,16H,4-6,9-10H2,1-3H3. The monoisotopic (exact) mass is 245 g/mol. The lowest BCUT2D eigenvalue weighted by Gasteiger charge is -2.07. The Balaban J connectivity index is 2.34. The van der Waals surface area contributed by atoms with Crippen LogP contribution in [0.15, 0.2) is 18.2 Å². The van der Waals surface area contributed by atoms with Crippen LogP contribution < -0.4 is 5.32 Å². The summed E-state index contributed by atoms with van der Waals surface area (Å²) < 4.78 is 2.38. The number of nitrogens with zero attached hydrogens (tertiary/aromatic N) is 2. The molecule has 3 heteroatoms. The Bertz CT molecular complexity index is 514. The van der Waals surface area contributed by atoms with Crippen LogP contribution in [0, 0.1) is 6.92 Å². The molecular weight excluding hydrogens is 222 g/mol. The Morgan fingerprint density at radius 3 is 2.89 bits per heavy atom. The smallest absolute Gasteiger partial charge is 0.109 e. The fourth-order valence-corrected chi connectivity index (χ4v) is 2.38. The van der Waals surface area contributed by atoms with E-state index >= 15 is 0 Å². The van der Waals surface area contributed by atoms with Gasteiger partial charge in [-0.1, -0.05) is 13.0 Å². The first-order chi connectivity index (χ1) is 8.76. The molecule has 0 saturated carbocycles. The van der Waals surface area contributed by atoms with Crippen molar-refractivity contribution in [3.63, 3.8) is 0 Å². The lowest BCUT2D eigenvalue weighted by molar-refractivity contribution is 0.626. The van der Waals surface area contributed by atoms with E-state index in [4.69, 9.17) is 4.98 Å². The van der Waals surface area contributed by atoms with Crippen LogP contribution in [0.4, 0.5) is 0 Å². The van der Waals surface area contributed by atoms with E-state index in [0.717, 1.165) is 37.9 Å². The minimum Gasteiger partial charge on any atom is -0.328 e. The number of hydrogen-bond acceptors (Lipinski definition) is 2. The van der Waals surface area contributed by atoms with Crippen LogP contribution in [-0.4, -0.2) is 23.1 Å². The van der Waals surface area contributed by atoms with Crippen LogP contribution in [0.5, 0.6) is 0 Å². The minimum atomic E-state index is 1.05. The molecule has 0 fully saturated rings. The maximum Gasteiger partial charge on any atom is 0.109 e. The molecule has 98 valence electrons. The van der Waals surface area contributed by atoms with Gasteiger partial charge in [0, 0.05) is 13.0 Å². The van der Waals surface area contributed by atoms with Crippen molar-refractivity contribution in [1.82, 2.24) is 14.9 Å². The Morgan fingerprint density at radius 1 is 1.33 bits per heavy atom. The highest BCUT2D eigenvalue weighted by Crippen LogP contribution is 2.19. The van der Waals surface area contributed by atoms with Crippen molar-refractivity contribution in [3.05, 3.63) is 29.6 Å². The molecule has 0 atom stereocenters. The molecule has 0 bridgehead atoms. The van der Waals surface area contributed by atoms with Gasteiger partial charge in [-0.15, -0.1) is 0 Å². The molecule has 0 aliphatic rings. The van der Waals surface area contributed by atoms with Crippen LogP contribution in [-0.2, 0) is 13.0 Å². The third-order valence-electron chi connectivity index (χ3n) is 3.26. The minimum absolute atomic E-state index is 1.05. The Hall–Kier alpha value is -1.35. The van der Waals surface area contributed by atoms with E-state index in [1.807, 2.05) is 7.05 Å². The molecule has 0 spiro atoms. The molecule has 18 heavy (non-hydrogen) atoms. The Kier molecular flexibility index (Phi) is 4.37. The van der Waals surface area contributed by atoms with Crippen LogP contribution in [0.2, 0.25) is 0 Å². The van der Waals surface area contributed by atoms with Gasteiger partial charge < -0.3 is 9.88 Å². The topological polar surface area (TPSA) is 29.9 Å². The van der Waals surface area contributed by atoms with Crippen molar-refractivity contribution in [3.8, 4) is 0 Å². The van der Waals surface area contributed by atoms with Crippen LogP contribution in [0.1, 0.15) is 31.2 Å². The van der Waals surface area contributed by atoms with Crippen molar-refractivity contribution in [2.75, 3.05) is 13.6 Å². The second-order valence-corrected chi connectivity index (χ2v) is 4.88.